The van der Waals surface area contributed by atoms with Crippen molar-refractivity contribution in [2.45, 2.75) is 183 Å². The molecule has 0 aliphatic carbocycles. The van der Waals surface area contributed by atoms with Crippen molar-refractivity contribution in [3.05, 3.63) is 45.0 Å². The molecule has 0 N–H and O–H groups in total. The van der Waals surface area contributed by atoms with Crippen LogP contribution in [0.2, 0.25) is 0 Å². The summed E-state index contributed by atoms with van der Waals surface area (Å²) in [5.74, 6) is -0.958. The average molecular weight is 802 g/mol. The first-order valence-corrected chi connectivity index (χ1v) is 20.0. The van der Waals surface area contributed by atoms with Crippen molar-refractivity contribution in [2.75, 3.05) is 0 Å². The standard InChI is InChI=1S/2C21H30B2FNO4/c1-12-14(11-25)15(22-26-18(3,4)19(5,6)27-22)13(2)17(24)16(12)23-28-20(7,8)21(9,10)29-23;1-12-14(11-25)13(2)16(23-28-20(7,8)21(9,10)29-23)17(24)15(12)22-26-18(3,4)19(5,6)27-22/h2*1-10H3. The SMILES string of the molecule is Cc1c(C#N)c(B2OC(C)(C)C(C)(C)O2)c(C)c(F)c1B1OC(C)(C)C(C)(C)O1.Cc1c(C#N)c(C)c(B2OC(C)(C)C(C)(C)O2)c(F)c1B1OC(C)(C)C(C)(C)O1. The molecule has 0 unspecified atom stereocenters. The van der Waals surface area contributed by atoms with E-state index in [-0.39, 0.29) is 16.4 Å². The molecule has 4 saturated heterocycles. The second-order valence-corrected chi connectivity index (χ2v) is 20.1. The lowest BCUT2D eigenvalue weighted by Gasteiger charge is -2.32. The first-order chi connectivity index (χ1) is 26.1. The molecule has 0 spiro atoms. The van der Waals surface area contributed by atoms with Crippen LogP contribution in [0.1, 0.15) is 144 Å². The van der Waals surface area contributed by atoms with Gasteiger partial charge in [-0.15, -0.1) is 0 Å². The largest absolute Gasteiger partial charge is 0.498 e. The maximum absolute atomic E-state index is 16.0. The summed E-state index contributed by atoms with van der Waals surface area (Å²) in [7, 11) is -3.56. The molecule has 16 heteroatoms. The Kier molecular flexibility index (Phi) is 11.5. The van der Waals surface area contributed by atoms with Crippen LogP contribution >= 0.6 is 0 Å². The zero-order valence-corrected chi connectivity index (χ0v) is 38.2. The fourth-order valence-electron chi connectivity index (χ4n) is 7.32. The van der Waals surface area contributed by atoms with Crippen molar-refractivity contribution in [3.63, 3.8) is 0 Å². The van der Waals surface area contributed by atoms with E-state index in [0.29, 0.717) is 38.8 Å². The van der Waals surface area contributed by atoms with E-state index in [4.69, 9.17) is 37.2 Å². The molecule has 0 bridgehead atoms. The Labute approximate surface area is 346 Å². The number of nitriles is 2. The van der Waals surface area contributed by atoms with Gasteiger partial charge in [-0.2, -0.15) is 10.5 Å². The minimum absolute atomic E-state index is 0.232. The van der Waals surface area contributed by atoms with E-state index in [9.17, 15) is 10.5 Å². The van der Waals surface area contributed by atoms with E-state index in [0.717, 1.165) is 0 Å². The summed E-state index contributed by atoms with van der Waals surface area (Å²) >= 11 is 0. The van der Waals surface area contributed by atoms with Crippen molar-refractivity contribution in [2.24, 2.45) is 0 Å². The lowest BCUT2D eigenvalue weighted by molar-refractivity contribution is 0.00578. The van der Waals surface area contributed by atoms with Crippen LogP contribution in [-0.2, 0) is 37.2 Å². The van der Waals surface area contributed by atoms with Gasteiger partial charge in [0.1, 0.15) is 11.6 Å². The molecule has 4 fully saturated rings. The number of rotatable bonds is 4. The lowest BCUT2D eigenvalue weighted by Crippen LogP contribution is -2.48. The van der Waals surface area contributed by atoms with Gasteiger partial charge in [0, 0.05) is 21.9 Å². The normalized spacial score (nSPS) is 24.1. The van der Waals surface area contributed by atoms with Crippen LogP contribution in [0.3, 0.4) is 0 Å². The Morgan fingerprint density at radius 1 is 0.345 bits per heavy atom. The average Bonchev–Trinajstić information content (AvgIpc) is 3.58. The van der Waals surface area contributed by atoms with Gasteiger partial charge in [-0.25, -0.2) is 8.78 Å². The Hall–Kier alpha value is -2.78. The number of halogens is 2. The highest BCUT2D eigenvalue weighted by molar-refractivity contribution is 6.67. The predicted molar refractivity (Wildman–Crippen MR) is 224 cm³/mol. The van der Waals surface area contributed by atoms with E-state index in [1.54, 1.807) is 27.7 Å². The molecule has 4 aliphatic heterocycles. The van der Waals surface area contributed by atoms with Crippen molar-refractivity contribution in [3.8, 4) is 12.1 Å². The highest BCUT2D eigenvalue weighted by Gasteiger charge is 2.58. The van der Waals surface area contributed by atoms with Crippen LogP contribution in [0.4, 0.5) is 8.78 Å². The molecular weight excluding hydrogens is 742 g/mol. The van der Waals surface area contributed by atoms with Crippen molar-refractivity contribution < 1.29 is 46.0 Å². The highest BCUT2D eigenvalue weighted by atomic mass is 19.1. The first kappa shape index (κ1) is 46.3. The van der Waals surface area contributed by atoms with Gasteiger partial charge in [0.05, 0.1) is 68.1 Å². The Morgan fingerprint density at radius 3 is 0.793 bits per heavy atom. The second kappa shape index (κ2) is 14.4. The first-order valence-electron chi connectivity index (χ1n) is 20.0. The van der Waals surface area contributed by atoms with Gasteiger partial charge >= 0.3 is 28.5 Å². The van der Waals surface area contributed by atoms with Gasteiger partial charge in [0.15, 0.2) is 0 Å². The number of hydrogen-bond acceptors (Lipinski definition) is 10. The van der Waals surface area contributed by atoms with E-state index in [2.05, 4.69) is 12.1 Å². The van der Waals surface area contributed by atoms with Crippen LogP contribution in [0.25, 0.3) is 0 Å². The topological polar surface area (TPSA) is 121 Å². The fourth-order valence-corrected chi connectivity index (χ4v) is 7.32. The summed E-state index contributed by atoms with van der Waals surface area (Å²) in [6.07, 6.45) is 0. The Balaban J connectivity index is 0.000000221. The highest BCUT2D eigenvalue weighted by Crippen LogP contribution is 2.41. The van der Waals surface area contributed by atoms with Gasteiger partial charge in [-0.3, -0.25) is 0 Å². The van der Waals surface area contributed by atoms with Crippen LogP contribution < -0.4 is 21.9 Å². The van der Waals surface area contributed by atoms with E-state index >= 15 is 8.78 Å². The molecule has 2 aromatic rings. The summed E-state index contributed by atoms with van der Waals surface area (Å²) in [6.45, 7) is 37.5. The van der Waals surface area contributed by atoms with Crippen molar-refractivity contribution in [1.29, 1.82) is 10.5 Å². The zero-order valence-electron chi connectivity index (χ0n) is 38.2. The maximum Gasteiger partial charge on any atom is 0.498 e. The molecule has 0 radical (unpaired) electrons. The third-order valence-electron chi connectivity index (χ3n) is 14.2. The van der Waals surface area contributed by atoms with Crippen LogP contribution in [-0.4, -0.2) is 73.3 Å². The Bertz CT molecular complexity index is 1980. The van der Waals surface area contributed by atoms with Gasteiger partial charge in [-0.1, -0.05) is 0 Å². The van der Waals surface area contributed by atoms with Crippen LogP contribution in [0.5, 0.6) is 0 Å². The maximum atomic E-state index is 16.0. The minimum atomic E-state index is -0.922. The monoisotopic (exact) mass is 802 g/mol. The van der Waals surface area contributed by atoms with Crippen molar-refractivity contribution >= 4 is 50.3 Å². The van der Waals surface area contributed by atoms with Crippen LogP contribution in [0, 0.1) is 62.0 Å². The summed E-state index contributed by atoms with van der Waals surface area (Å²) in [6, 6.07) is 4.44. The smallest absolute Gasteiger partial charge is 0.399 e. The van der Waals surface area contributed by atoms with Gasteiger partial charge in [-0.05, 0) is 161 Å². The molecule has 10 nitrogen and oxygen atoms in total. The second-order valence-electron chi connectivity index (χ2n) is 20.1. The molecule has 0 saturated carbocycles. The summed E-state index contributed by atoms with van der Waals surface area (Å²) < 4.78 is 80.4. The molecule has 4 heterocycles. The van der Waals surface area contributed by atoms with Crippen molar-refractivity contribution in [1.82, 2.24) is 0 Å². The van der Waals surface area contributed by atoms with E-state index in [1.165, 1.54) is 0 Å². The molecule has 2 aromatic carbocycles. The molecule has 0 atom stereocenters. The van der Waals surface area contributed by atoms with Gasteiger partial charge < -0.3 is 37.2 Å². The third kappa shape index (κ3) is 7.28. The predicted octanol–water partition coefficient (Wildman–Crippen LogP) is 5.83. The number of hydrogen-bond donors (Lipinski definition) is 0. The lowest BCUT2D eigenvalue weighted by atomic mass is 9.66. The summed E-state index contributed by atoms with van der Waals surface area (Å²) in [4.78, 5) is 0. The van der Waals surface area contributed by atoms with Crippen LogP contribution in [0.15, 0.2) is 0 Å². The van der Waals surface area contributed by atoms with E-state index in [1.807, 2.05) is 111 Å². The molecule has 0 aromatic heterocycles. The fraction of sp³-hybridized carbons (Fsp3) is 0.667. The molecule has 4 aliphatic rings. The van der Waals surface area contributed by atoms with Gasteiger partial charge in [0.25, 0.3) is 0 Å². The molecule has 58 heavy (non-hydrogen) atoms. The van der Waals surface area contributed by atoms with E-state index < -0.39 is 84.9 Å². The Morgan fingerprint density at radius 2 is 0.552 bits per heavy atom. The minimum Gasteiger partial charge on any atom is -0.399 e. The molecule has 0 amide bonds. The number of benzene rings is 2. The summed E-state index contributed by atoms with van der Waals surface area (Å²) in [5, 5.41) is 19.7. The summed E-state index contributed by atoms with van der Waals surface area (Å²) in [5.41, 5.74) is -1.19. The quantitative estimate of drug-likeness (QED) is 0.350. The van der Waals surface area contributed by atoms with Gasteiger partial charge in [0.2, 0.25) is 0 Å². The zero-order chi connectivity index (χ0) is 44.3. The molecule has 312 valence electrons. The molecular formula is C42H60B4F2N2O8. The molecule has 6 rings (SSSR count). The third-order valence-corrected chi connectivity index (χ3v) is 14.2. The number of nitrogens with zero attached hydrogens (tertiary/aromatic N) is 2.